The van der Waals surface area contributed by atoms with Crippen molar-refractivity contribution < 1.29 is 15.0 Å². The number of benzene rings is 1. The van der Waals surface area contributed by atoms with Crippen molar-refractivity contribution in [3.05, 3.63) is 41.5 Å². The van der Waals surface area contributed by atoms with Crippen LogP contribution in [0, 0.1) is 45.8 Å². The second-order valence-corrected chi connectivity index (χ2v) is 14.6. The molecule has 9 atom stereocenters. The van der Waals surface area contributed by atoms with Gasteiger partial charge in [-0.3, -0.25) is 0 Å². The Morgan fingerprint density at radius 1 is 0.921 bits per heavy atom. The zero-order chi connectivity index (χ0) is 26.9. The van der Waals surface area contributed by atoms with Crippen LogP contribution < -0.4 is 5.32 Å². The Hall–Kier alpha value is -1.65. The molecule has 0 saturated heterocycles. The van der Waals surface area contributed by atoms with Crippen molar-refractivity contribution in [2.45, 2.75) is 97.4 Å². The van der Waals surface area contributed by atoms with Crippen LogP contribution in [-0.4, -0.2) is 34.9 Å². The number of allylic oxidation sites excluding steroid dienone is 2. The zero-order valence-electron chi connectivity index (χ0n) is 24.1. The van der Waals surface area contributed by atoms with Crippen molar-refractivity contribution in [3.8, 4) is 0 Å². The molecule has 4 nitrogen and oxygen atoms in total. The number of aromatic carboxylic acids is 1. The van der Waals surface area contributed by atoms with Crippen LogP contribution in [0.4, 0.5) is 0 Å². The molecule has 4 saturated carbocycles. The van der Waals surface area contributed by atoms with E-state index in [-0.39, 0.29) is 12.1 Å². The van der Waals surface area contributed by atoms with Gasteiger partial charge in [-0.05, 0) is 127 Å². The van der Waals surface area contributed by atoms with Gasteiger partial charge in [-0.1, -0.05) is 52.3 Å². The van der Waals surface area contributed by atoms with Gasteiger partial charge in [0.05, 0.1) is 12.2 Å². The Kier molecular flexibility index (Phi) is 6.43. The van der Waals surface area contributed by atoms with Crippen LogP contribution in [0.15, 0.2) is 30.3 Å². The molecule has 38 heavy (non-hydrogen) atoms. The van der Waals surface area contributed by atoms with Gasteiger partial charge in [-0.2, -0.15) is 0 Å². The van der Waals surface area contributed by atoms with Gasteiger partial charge in [0.15, 0.2) is 0 Å². The van der Waals surface area contributed by atoms with Crippen molar-refractivity contribution in [1.82, 2.24) is 5.32 Å². The molecule has 5 aliphatic carbocycles. The first kappa shape index (κ1) is 26.6. The van der Waals surface area contributed by atoms with Gasteiger partial charge in [0.1, 0.15) is 0 Å². The van der Waals surface area contributed by atoms with Gasteiger partial charge in [0.25, 0.3) is 0 Å². The standard InChI is InChI=1S/C34H49NO3/c1-22-25(23-7-9-24(10-8-23)30(37)38)13-16-31(2)26(22)14-17-33(4)29(31)12-11-27-28-6-5-15-34(28,35-20-21-36)19-18-32(27,33)3/h7-10,13,22,26-29,35-36H,5-6,11-12,14-21H2,1-4H3,(H,37,38)/t22?,26?,27?,28?,29?,31?,32-,33-,34?/m1/s1. The summed E-state index contributed by atoms with van der Waals surface area (Å²) in [6, 6.07) is 7.57. The summed E-state index contributed by atoms with van der Waals surface area (Å²) in [5.74, 6) is 2.64. The number of fused-ring (bicyclic) bond motifs is 7. The number of hydrogen-bond donors (Lipinski definition) is 3. The molecule has 0 spiro atoms. The number of nitrogens with one attached hydrogen (secondary N) is 1. The molecule has 0 heterocycles. The molecule has 5 aliphatic rings. The molecule has 4 heteroatoms. The lowest BCUT2D eigenvalue weighted by atomic mass is 9.34. The Morgan fingerprint density at radius 2 is 1.68 bits per heavy atom. The first-order valence-corrected chi connectivity index (χ1v) is 15.5. The number of carbonyl (C=O) groups is 1. The Morgan fingerprint density at radius 3 is 2.39 bits per heavy atom. The molecule has 1 aromatic carbocycles. The molecule has 3 N–H and O–H groups in total. The lowest BCUT2D eigenvalue weighted by molar-refractivity contribution is -0.211. The van der Waals surface area contributed by atoms with E-state index in [1.54, 1.807) is 12.1 Å². The maximum atomic E-state index is 11.4. The summed E-state index contributed by atoms with van der Waals surface area (Å²) in [5.41, 5.74) is 4.36. The summed E-state index contributed by atoms with van der Waals surface area (Å²) in [6.45, 7) is 11.4. The average Bonchev–Trinajstić information content (AvgIpc) is 3.32. The molecule has 1 aromatic rings. The average molecular weight is 520 g/mol. The van der Waals surface area contributed by atoms with Gasteiger partial charge in [-0.25, -0.2) is 4.79 Å². The van der Waals surface area contributed by atoms with Crippen LogP contribution in [0.25, 0.3) is 5.57 Å². The Labute approximate surface area is 229 Å². The molecule has 0 aliphatic heterocycles. The van der Waals surface area contributed by atoms with Crippen LogP contribution in [0.1, 0.15) is 108 Å². The number of aliphatic hydroxyl groups excluding tert-OH is 1. The van der Waals surface area contributed by atoms with E-state index in [0.717, 1.165) is 30.7 Å². The molecule has 208 valence electrons. The van der Waals surface area contributed by atoms with Gasteiger partial charge < -0.3 is 15.5 Å². The lowest BCUT2D eigenvalue weighted by Crippen LogP contribution is -2.67. The Balaban J connectivity index is 1.30. The summed E-state index contributed by atoms with van der Waals surface area (Å²) < 4.78 is 0. The van der Waals surface area contributed by atoms with Crippen LogP contribution in [0.5, 0.6) is 0 Å². The second kappa shape index (κ2) is 9.20. The van der Waals surface area contributed by atoms with Crippen LogP contribution >= 0.6 is 0 Å². The summed E-state index contributed by atoms with van der Waals surface area (Å²) in [7, 11) is 0. The van der Waals surface area contributed by atoms with Gasteiger partial charge in [0, 0.05) is 12.1 Å². The fourth-order valence-electron chi connectivity index (χ4n) is 11.6. The largest absolute Gasteiger partial charge is 0.478 e. The minimum Gasteiger partial charge on any atom is -0.478 e. The first-order valence-electron chi connectivity index (χ1n) is 15.5. The number of hydrogen-bond acceptors (Lipinski definition) is 3. The van der Waals surface area contributed by atoms with Gasteiger partial charge in [-0.15, -0.1) is 0 Å². The van der Waals surface area contributed by atoms with Crippen LogP contribution in [-0.2, 0) is 0 Å². The highest BCUT2D eigenvalue weighted by Gasteiger charge is 2.68. The van der Waals surface area contributed by atoms with Crippen molar-refractivity contribution in [3.63, 3.8) is 0 Å². The third-order valence-electron chi connectivity index (χ3n) is 13.6. The highest BCUT2D eigenvalue weighted by atomic mass is 16.4. The fourth-order valence-corrected chi connectivity index (χ4v) is 11.6. The third kappa shape index (κ3) is 3.58. The molecule has 0 aromatic heterocycles. The summed E-state index contributed by atoms with van der Waals surface area (Å²) in [4.78, 5) is 11.4. The van der Waals surface area contributed by atoms with E-state index in [1.807, 2.05) is 12.1 Å². The Bertz CT molecular complexity index is 1110. The lowest BCUT2D eigenvalue weighted by Gasteiger charge is -2.71. The zero-order valence-corrected chi connectivity index (χ0v) is 24.1. The van der Waals surface area contributed by atoms with Crippen molar-refractivity contribution in [2.75, 3.05) is 13.2 Å². The second-order valence-electron chi connectivity index (χ2n) is 14.6. The molecular weight excluding hydrogens is 470 g/mol. The van der Waals surface area contributed by atoms with E-state index in [2.05, 4.69) is 39.1 Å². The highest BCUT2D eigenvalue weighted by molar-refractivity contribution is 5.88. The van der Waals surface area contributed by atoms with E-state index >= 15 is 0 Å². The topological polar surface area (TPSA) is 69.6 Å². The monoisotopic (exact) mass is 519 g/mol. The first-order chi connectivity index (χ1) is 18.1. The van der Waals surface area contributed by atoms with E-state index in [9.17, 15) is 15.0 Å². The predicted molar refractivity (Wildman–Crippen MR) is 153 cm³/mol. The normalized spacial score (nSPS) is 45.8. The summed E-state index contributed by atoms with van der Waals surface area (Å²) in [6.07, 6.45) is 15.6. The quantitative estimate of drug-likeness (QED) is 0.385. The molecule has 0 amide bonds. The smallest absolute Gasteiger partial charge is 0.335 e. The minimum atomic E-state index is -0.854. The highest BCUT2D eigenvalue weighted by Crippen LogP contribution is 2.75. The molecule has 0 bridgehead atoms. The number of aliphatic hydroxyl groups is 1. The number of β-amino-alcohol motifs (C(OH)–C–C–N with tert-alkyl or cyclic N) is 1. The molecule has 7 unspecified atom stereocenters. The number of carboxylic acid groups (broad SMARTS) is 1. The molecular formula is C34H49NO3. The van der Waals surface area contributed by atoms with E-state index in [1.165, 1.54) is 68.9 Å². The summed E-state index contributed by atoms with van der Waals surface area (Å²) in [5, 5.41) is 22.8. The van der Waals surface area contributed by atoms with Gasteiger partial charge >= 0.3 is 5.97 Å². The van der Waals surface area contributed by atoms with Crippen molar-refractivity contribution >= 4 is 11.5 Å². The van der Waals surface area contributed by atoms with Crippen LogP contribution in [0.3, 0.4) is 0 Å². The molecule has 4 fully saturated rings. The third-order valence-corrected chi connectivity index (χ3v) is 13.6. The maximum Gasteiger partial charge on any atom is 0.335 e. The predicted octanol–water partition coefficient (Wildman–Crippen LogP) is 7.18. The molecule has 0 radical (unpaired) electrons. The van der Waals surface area contributed by atoms with E-state index in [0.29, 0.717) is 33.6 Å². The number of rotatable bonds is 5. The van der Waals surface area contributed by atoms with Crippen molar-refractivity contribution in [2.24, 2.45) is 45.8 Å². The van der Waals surface area contributed by atoms with E-state index < -0.39 is 5.97 Å². The maximum absolute atomic E-state index is 11.4. The minimum absolute atomic E-state index is 0.243. The molecule has 6 rings (SSSR count). The van der Waals surface area contributed by atoms with Crippen molar-refractivity contribution in [1.29, 1.82) is 0 Å². The van der Waals surface area contributed by atoms with Crippen LogP contribution in [0.2, 0.25) is 0 Å². The van der Waals surface area contributed by atoms with Gasteiger partial charge in [0.2, 0.25) is 0 Å². The SMILES string of the molecule is CC1C(c2ccc(C(=O)O)cc2)=CCC2(C)C1CC[C@]1(C)C2CCC2C3CCCC3(NCCO)CC[C@]21C. The van der Waals surface area contributed by atoms with E-state index in [4.69, 9.17) is 0 Å². The fraction of sp³-hybridized carbons (Fsp3) is 0.735. The summed E-state index contributed by atoms with van der Waals surface area (Å²) >= 11 is 0. The number of carboxylic acids is 1.